The summed E-state index contributed by atoms with van der Waals surface area (Å²) in [5.41, 5.74) is -0.384. The molecule has 1 atom stereocenters. The standard InChI is InChI=1S/C23H30ClN3O6S/c1-22(2,3)23(14-25-9-10-27(23)21(29)30)12-18-16(11-15-5-7-17(24)8-6-15)13-26-20(28)19(18)33-34(4,31)32/h5-8,13,25H,9-12,14H2,1-4H3,(H,26,28)(H,29,30). The van der Waals surface area contributed by atoms with Crippen molar-refractivity contribution in [3.8, 4) is 5.75 Å². The van der Waals surface area contributed by atoms with E-state index in [1.54, 1.807) is 12.1 Å². The maximum atomic E-state index is 12.8. The Balaban J connectivity index is 2.23. The van der Waals surface area contributed by atoms with Crippen molar-refractivity contribution in [3.05, 3.63) is 62.5 Å². The quantitative estimate of drug-likeness (QED) is 0.508. The zero-order valence-electron chi connectivity index (χ0n) is 19.6. The van der Waals surface area contributed by atoms with E-state index in [0.717, 1.165) is 11.8 Å². The molecule has 0 bridgehead atoms. The van der Waals surface area contributed by atoms with Gasteiger partial charge in [-0.05, 0) is 35.1 Å². The summed E-state index contributed by atoms with van der Waals surface area (Å²) in [6, 6.07) is 7.15. The van der Waals surface area contributed by atoms with Gasteiger partial charge in [0.05, 0.1) is 11.8 Å². The zero-order chi connectivity index (χ0) is 25.3. The number of rotatable bonds is 6. The van der Waals surface area contributed by atoms with E-state index < -0.39 is 32.7 Å². The minimum absolute atomic E-state index is 0.0769. The van der Waals surface area contributed by atoms with Gasteiger partial charge in [0.15, 0.2) is 0 Å². The van der Waals surface area contributed by atoms with Gasteiger partial charge in [-0.3, -0.25) is 9.69 Å². The molecule has 0 saturated carbocycles. The Morgan fingerprint density at radius 1 is 1.26 bits per heavy atom. The molecule has 1 unspecified atom stereocenters. The number of pyridine rings is 1. The van der Waals surface area contributed by atoms with Crippen molar-refractivity contribution >= 4 is 27.8 Å². The van der Waals surface area contributed by atoms with Crippen LogP contribution in [0.3, 0.4) is 0 Å². The van der Waals surface area contributed by atoms with E-state index in [1.165, 1.54) is 11.1 Å². The summed E-state index contributed by atoms with van der Waals surface area (Å²) in [7, 11) is -4.03. The largest absolute Gasteiger partial charge is 0.465 e. The van der Waals surface area contributed by atoms with Crippen molar-refractivity contribution in [1.29, 1.82) is 0 Å². The first-order chi connectivity index (χ1) is 15.7. The van der Waals surface area contributed by atoms with Gasteiger partial charge in [0.1, 0.15) is 0 Å². The van der Waals surface area contributed by atoms with E-state index in [0.29, 0.717) is 35.7 Å². The Hall–Kier alpha value is -2.56. The van der Waals surface area contributed by atoms with Crippen molar-refractivity contribution in [2.45, 2.75) is 39.2 Å². The molecule has 0 aliphatic carbocycles. The number of aromatic amines is 1. The van der Waals surface area contributed by atoms with Gasteiger partial charge < -0.3 is 19.6 Å². The number of nitrogens with one attached hydrogen (secondary N) is 2. The summed E-state index contributed by atoms with van der Waals surface area (Å²) >= 11 is 6.01. The van der Waals surface area contributed by atoms with Gasteiger partial charge in [-0.25, -0.2) is 4.79 Å². The third-order valence-corrected chi connectivity index (χ3v) is 7.05. The number of amides is 1. The zero-order valence-corrected chi connectivity index (χ0v) is 21.2. The first kappa shape index (κ1) is 26.1. The summed E-state index contributed by atoms with van der Waals surface area (Å²) in [5, 5.41) is 13.9. The third kappa shape index (κ3) is 5.56. The average molecular weight is 512 g/mol. The third-order valence-electron chi connectivity index (χ3n) is 6.33. The van der Waals surface area contributed by atoms with Crippen molar-refractivity contribution in [3.63, 3.8) is 0 Å². The number of halogens is 1. The van der Waals surface area contributed by atoms with Crippen LogP contribution < -0.4 is 15.1 Å². The molecule has 2 heterocycles. The van der Waals surface area contributed by atoms with Gasteiger partial charge in [-0.1, -0.05) is 44.5 Å². The summed E-state index contributed by atoms with van der Waals surface area (Å²) in [6.45, 7) is 6.86. The Morgan fingerprint density at radius 3 is 2.47 bits per heavy atom. The smallest absolute Gasteiger partial charge is 0.407 e. The lowest BCUT2D eigenvalue weighted by Gasteiger charge is -2.54. The molecule has 1 amide bonds. The predicted octanol–water partition coefficient (Wildman–Crippen LogP) is 2.87. The minimum atomic E-state index is -4.03. The monoisotopic (exact) mass is 511 g/mol. The van der Waals surface area contributed by atoms with Crippen LogP contribution in [-0.4, -0.2) is 60.9 Å². The number of hydrogen-bond donors (Lipinski definition) is 3. The van der Waals surface area contributed by atoms with Crippen molar-refractivity contribution in [1.82, 2.24) is 15.2 Å². The number of hydrogen-bond acceptors (Lipinski definition) is 6. The fraction of sp³-hybridized carbons (Fsp3) is 0.478. The van der Waals surface area contributed by atoms with Gasteiger partial charge in [-0.15, -0.1) is 0 Å². The maximum absolute atomic E-state index is 12.8. The van der Waals surface area contributed by atoms with Crippen LogP contribution in [0.15, 0.2) is 35.3 Å². The fourth-order valence-corrected chi connectivity index (χ4v) is 5.07. The van der Waals surface area contributed by atoms with Crippen LogP contribution in [0.4, 0.5) is 4.79 Å². The van der Waals surface area contributed by atoms with Crippen molar-refractivity contribution in [2.75, 3.05) is 25.9 Å². The van der Waals surface area contributed by atoms with E-state index in [-0.39, 0.29) is 18.7 Å². The van der Waals surface area contributed by atoms with Crippen LogP contribution in [-0.2, 0) is 23.0 Å². The number of piperazine rings is 1. The number of carbonyl (C=O) groups is 1. The number of carboxylic acid groups (broad SMARTS) is 1. The number of H-pyrrole nitrogens is 1. The average Bonchev–Trinajstić information content (AvgIpc) is 2.72. The van der Waals surface area contributed by atoms with Gasteiger partial charge in [0.2, 0.25) is 5.75 Å². The van der Waals surface area contributed by atoms with Crippen molar-refractivity contribution < 1.29 is 22.5 Å². The maximum Gasteiger partial charge on any atom is 0.407 e. The van der Waals surface area contributed by atoms with E-state index in [2.05, 4.69) is 10.3 Å². The lowest BCUT2D eigenvalue weighted by molar-refractivity contribution is -0.0144. The highest BCUT2D eigenvalue weighted by molar-refractivity contribution is 7.86. The van der Waals surface area contributed by atoms with Crippen LogP contribution >= 0.6 is 11.6 Å². The fourth-order valence-electron chi connectivity index (χ4n) is 4.46. The normalized spacial score (nSPS) is 19.1. The van der Waals surface area contributed by atoms with Gasteiger partial charge in [-0.2, -0.15) is 8.42 Å². The van der Waals surface area contributed by atoms with Gasteiger partial charge in [0.25, 0.3) is 5.56 Å². The summed E-state index contributed by atoms with van der Waals surface area (Å²) in [5.74, 6) is -0.339. The molecular formula is C23H30ClN3O6S. The second-order valence-electron chi connectivity index (χ2n) is 9.61. The molecule has 9 nitrogen and oxygen atoms in total. The molecule has 0 radical (unpaired) electrons. The Morgan fingerprint density at radius 2 is 1.91 bits per heavy atom. The molecule has 11 heteroatoms. The minimum Gasteiger partial charge on any atom is -0.465 e. The van der Waals surface area contributed by atoms with Crippen LogP contribution in [0.2, 0.25) is 5.02 Å². The molecule has 1 aromatic carbocycles. The Labute approximate surface area is 204 Å². The second-order valence-corrected chi connectivity index (χ2v) is 11.6. The molecule has 1 aliphatic heterocycles. The highest BCUT2D eigenvalue weighted by atomic mass is 35.5. The molecule has 3 N–H and O–H groups in total. The van der Waals surface area contributed by atoms with Crippen molar-refractivity contribution in [2.24, 2.45) is 5.41 Å². The molecule has 1 fully saturated rings. The lowest BCUT2D eigenvalue weighted by Crippen LogP contribution is -2.69. The van der Waals surface area contributed by atoms with E-state index in [4.69, 9.17) is 15.8 Å². The number of benzene rings is 1. The first-order valence-corrected chi connectivity index (χ1v) is 13.0. The highest BCUT2D eigenvalue weighted by Crippen LogP contribution is 2.41. The van der Waals surface area contributed by atoms with E-state index >= 15 is 0 Å². The van der Waals surface area contributed by atoms with Gasteiger partial charge >= 0.3 is 16.2 Å². The molecule has 1 saturated heterocycles. The van der Waals surface area contributed by atoms with Crippen LogP contribution in [0.5, 0.6) is 5.75 Å². The second kappa shape index (κ2) is 9.59. The molecule has 0 spiro atoms. The summed E-state index contributed by atoms with van der Waals surface area (Å²) in [6.07, 6.45) is 1.75. The molecule has 1 aliphatic rings. The van der Waals surface area contributed by atoms with Crippen LogP contribution in [0, 0.1) is 5.41 Å². The topological polar surface area (TPSA) is 129 Å². The van der Waals surface area contributed by atoms with Crippen LogP contribution in [0.25, 0.3) is 0 Å². The Kier molecular flexibility index (Phi) is 7.35. The number of nitrogens with zero attached hydrogens (tertiary/aromatic N) is 1. The first-order valence-electron chi connectivity index (χ1n) is 10.8. The summed E-state index contributed by atoms with van der Waals surface area (Å²) in [4.78, 5) is 29.0. The predicted molar refractivity (Wildman–Crippen MR) is 130 cm³/mol. The molecule has 186 valence electrons. The summed E-state index contributed by atoms with van der Waals surface area (Å²) < 4.78 is 29.3. The molecule has 2 aromatic rings. The highest BCUT2D eigenvalue weighted by Gasteiger charge is 2.51. The van der Waals surface area contributed by atoms with Crippen LogP contribution in [0.1, 0.15) is 37.5 Å². The Bertz CT molecular complexity index is 1220. The van der Waals surface area contributed by atoms with E-state index in [9.17, 15) is 23.1 Å². The molecule has 1 aromatic heterocycles. The van der Waals surface area contributed by atoms with E-state index in [1.807, 2.05) is 32.9 Å². The number of aromatic nitrogens is 1. The molecule has 3 rings (SSSR count). The molecular weight excluding hydrogens is 482 g/mol. The molecule has 34 heavy (non-hydrogen) atoms. The SMILES string of the molecule is CC(C)(C)C1(Cc2c(Cc3ccc(Cl)cc3)c[nH]c(=O)c2OS(C)(=O)=O)CNCCN1C(=O)O. The van der Waals surface area contributed by atoms with Gasteiger partial charge in [0, 0.05) is 42.8 Å². The lowest BCUT2D eigenvalue weighted by atomic mass is 9.67.